The molecule has 0 fully saturated rings. The van der Waals surface area contributed by atoms with Gasteiger partial charge in [0.1, 0.15) is 0 Å². The number of aryl methyl sites for hydroxylation is 2. The summed E-state index contributed by atoms with van der Waals surface area (Å²) < 4.78 is 30.0. The van der Waals surface area contributed by atoms with Crippen LogP contribution in [0, 0.1) is 0 Å². The maximum Gasteiger partial charge on any atom is 2.00 e. The fourth-order valence-electron chi connectivity index (χ4n) is 4.18. The average Bonchev–Trinajstić information content (AvgIpc) is 2.89. The van der Waals surface area contributed by atoms with Gasteiger partial charge in [0.25, 0.3) is 0 Å². The molecule has 2 unspecified atom stereocenters. The van der Waals surface area contributed by atoms with E-state index in [1.807, 2.05) is 24.3 Å². The molecule has 6 nitrogen and oxygen atoms in total. The second-order valence-electron chi connectivity index (χ2n) is 9.66. The third-order valence-electron chi connectivity index (χ3n) is 6.34. The van der Waals surface area contributed by atoms with E-state index in [9.17, 15) is 18.9 Å². The van der Waals surface area contributed by atoms with Crippen LogP contribution in [0.2, 0.25) is 0 Å². The van der Waals surface area contributed by atoms with Gasteiger partial charge in [-0.25, -0.2) is 0 Å². The largest absolute Gasteiger partial charge is 2.00 e. The topological polar surface area (TPSA) is 98.7 Å². The van der Waals surface area contributed by atoms with Gasteiger partial charge in [0.2, 0.25) is 0 Å². The molecule has 0 aromatic heterocycles. The Morgan fingerprint density at radius 1 is 0.513 bits per heavy atom. The predicted octanol–water partition coefficient (Wildman–Crippen LogP) is 8.75. The third-order valence-corrected chi connectivity index (χ3v) is 7.06. The van der Waals surface area contributed by atoms with Crippen LogP contribution in [-0.4, -0.2) is 0 Å². The zero-order valence-electron chi connectivity index (χ0n) is 23.7. The summed E-state index contributed by atoms with van der Waals surface area (Å²) >= 11 is 0. The van der Waals surface area contributed by atoms with E-state index < -0.39 is 16.5 Å². The molecular formula is C30H46CrO6P2+2. The van der Waals surface area contributed by atoms with Gasteiger partial charge in [-0.2, -0.15) is 0 Å². The minimum Gasteiger partial charge on any atom is -0.558 e. The zero-order valence-corrected chi connectivity index (χ0v) is 26.7. The summed E-state index contributed by atoms with van der Waals surface area (Å²) in [7, 11) is -5.62. The van der Waals surface area contributed by atoms with E-state index >= 15 is 0 Å². The Kier molecular flexibility index (Phi) is 24.8. The molecule has 0 saturated heterocycles. The van der Waals surface area contributed by atoms with Crippen LogP contribution in [0.4, 0.5) is 0 Å². The molecule has 0 amide bonds. The molecule has 9 heteroatoms. The number of hydrogen-bond acceptors (Lipinski definition) is 6. The molecule has 0 heterocycles. The van der Waals surface area contributed by atoms with Crippen molar-refractivity contribution in [3.05, 3.63) is 59.7 Å². The van der Waals surface area contributed by atoms with Crippen LogP contribution >= 0.6 is 16.5 Å². The fourth-order valence-corrected chi connectivity index (χ4v) is 4.77. The molecule has 0 bridgehead atoms. The van der Waals surface area contributed by atoms with Crippen molar-refractivity contribution in [1.29, 1.82) is 0 Å². The molecule has 0 aliphatic rings. The first-order chi connectivity index (χ1) is 18.4. The van der Waals surface area contributed by atoms with Gasteiger partial charge in [-0.3, -0.25) is 9.05 Å². The summed E-state index contributed by atoms with van der Waals surface area (Å²) in [6, 6.07) is 14.6. The molecular weight excluding hydrogens is 570 g/mol. The first-order valence-corrected chi connectivity index (χ1v) is 16.5. The maximum absolute atomic E-state index is 10.4. The SMILES string of the molecule is CCCCCCCCCc1ccc(O[P+](=O)[O-])cc1.CCCCCCCCCc1ccc(O[P+](=O)[O-])cc1.[Cr+2]. The van der Waals surface area contributed by atoms with Gasteiger partial charge in [-0.15, -0.1) is 0 Å². The van der Waals surface area contributed by atoms with Gasteiger partial charge in [0.15, 0.2) is 11.5 Å². The second kappa shape index (κ2) is 25.6. The van der Waals surface area contributed by atoms with Crippen molar-refractivity contribution in [1.82, 2.24) is 0 Å². The number of hydrogen-bond donors (Lipinski definition) is 0. The first-order valence-electron chi connectivity index (χ1n) is 14.3. The fraction of sp³-hybridized carbons (Fsp3) is 0.600. The Balaban J connectivity index is 0.000000722. The number of unbranched alkanes of at least 4 members (excludes halogenated alkanes) is 12. The molecule has 0 saturated carbocycles. The van der Waals surface area contributed by atoms with Crippen LogP contribution < -0.4 is 18.8 Å². The molecule has 2 atom stereocenters. The Hall–Kier alpha value is -1.31. The van der Waals surface area contributed by atoms with Crippen molar-refractivity contribution in [2.45, 2.75) is 117 Å². The zero-order chi connectivity index (χ0) is 27.8. The Morgan fingerprint density at radius 3 is 1.08 bits per heavy atom. The molecule has 216 valence electrons. The Labute approximate surface area is 249 Å². The molecule has 2 rings (SSSR count). The molecule has 0 spiro atoms. The standard InChI is InChI=1S/2C15H23O3P.Cr/c2*1-2-3-4-5-6-7-8-9-14-10-12-15(13-11-14)18-19(16)17;/h2*10-13H,2-9H2,1H3;/q;;+2. The van der Waals surface area contributed by atoms with Gasteiger partial charge in [0.05, 0.1) is 0 Å². The van der Waals surface area contributed by atoms with Crippen LogP contribution in [0.1, 0.15) is 115 Å². The maximum atomic E-state index is 10.4. The smallest absolute Gasteiger partial charge is 0.558 e. The quantitative estimate of drug-likeness (QED) is 0.109. The summed E-state index contributed by atoms with van der Waals surface area (Å²) in [6.07, 6.45) is 20.4. The van der Waals surface area contributed by atoms with Gasteiger partial charge >= 0.3 is 33.9 Å². The molecule has 2 aromatic carbocycles. The molecule has 39 heavy (non-hydrogen) atoms. The second-order valence-corrected chi connectivity index (χ2v) is 10.9. The monoisotopic (exact) mass is 616 g/mol. The number of benzene rings is 2. The Bertz CT molecular complexity index is 805. The van der Waals surface area contributed by atoms with Gasteiger partial charge < -0.3 is 9.79 Å². The van der Waals surface area contributed by atoms with Crippen LogP contribution in [0.5, 0.6) is 11.5 Å². The minimum atomic E-state index is -2.81. The molecule has 0 aliphatic heterocycles. The third kappa shape index (κ3) is 22.1. The summed E-state index contributed by atoms with van der Waals surface area (Å²) in [6.45, 7) is 4.47. The number of rotatable bonds is 20. The minimum absolute atomic E-state index is 0. The van der Waals surface area contributed by atoms with Crippen molar-refractivity contribution in [3.63, 3.8) is 0 Å². The molecule has 0 radical (unpaired) electrons. The molecule has 0 N–H and O–H groups in total. The van der Waals surface area contributed by atoms with E-state index in [4.69, 9.17) is 0 Å². The van der Waals surface area contributed by atoms with Crippen LogP contribution in [0.15, 0.2) is 48.5 Å². The van der Waals surface area contributed by atoms with Gasteiger partial charge in [-0.05, 0) is 70.2 Å². The Morgan fingerprint density at radius 2 is 0.795 bits per heavy atom. The summed E-state index contributed by atoms with van der Waals surface area (Å²) in [4.78, 5) is 20.8. The normalized spacial score (nSPS) is 11.1. The van der Waals surface area contributed by atoms with E-state index in [0.29, 0.717) is 11.5 Å². The van der Waals surface area contributed by atoms with Crippen LogP contribution in [0.25, 0.3) is 0 Å². The van der Waals surface area contributed by atoms with E-state index in [2.05, 4.69) is 22.9 Å². The van der Waals surface area contributed by atoms with E-state index in [1.165, 1.54) is 101 Å². The summed E-state index contributed by atoms with van der Waals surface area (Å²) in [5.74, 6) is 0.777. The van der Waals surface area contributed by atoms with Gasteiger partial charge in [-0.1, -0.05) is 115 Å². The summed E-state index contributed by atoms with van der Waals surface area (Å²) in [5.41, 5.74) is 2.48. The average molecular weight is 617 g/mol. The van der Waals surface area contributed by atoms with Crippen molar-refractivity contribution < 1.29 is 45.3 Å². The molecule has 2 aromatic rings. The van der Waals surface area contributed by atoms with Crippen molar-refractivity contribution in [2.75, 3.05) is 0 Å². The van der Waals surface area contributed by atoms with E-state index in [0.717, 1.165) is 12.8 Å². The van der Waals surface area contributed by atoms with Crippen molar-refractivity contribution in [2.24, 2.45) is 0 Å². The van der Waals surface area contributed by atoms with E-state index in [1.54, 1.807) is 24.3 Å². The van der Waals surface area contributed by atoms with Gasteiger partial charge in [0, 0.05) is 0 Å². The molecule has 0 aliphatic carbocycles. The van der Waals surface area contributed by atoms with E-state index in [-0.39, 0.29) is 17.4 Å². The van der Waals surface area contributed by atoms with Crippen LogP contribution in [0.3, 0.4) is 0 Å². The van der Waals surface area contributed by atoms with Crippen molar-refractivity contribution in [3.8, 4) is 11.5 Å². The predicted molar refractivity (Wildman–Crippen MR) is 153 cm³/mol. The van der Waals surface area contributed by atoms with Crippen molar-refractivity contribution >= 4 is 16.5 Å². The van der Waals surface area contributed by atoms with Crippen LogP contribution in [-0.2, 0) is 39.3 Å². The summed E-state index contributed by atoms with van der Waals surface area (Å²) in [5, 5.41) is 0. The first kappa shape index (κ1) is 37.7.